The van der Waals surface area contributed by atoms with Crippen LogP contribution in [0.5, 0.6) is 11.5 Å². The van der Waals surface area contributed by atoms with Crippen molar-refractivity contribution in [1.82, 2.24) is 19.9 Å². The van der Waals surface area contributed by atoms with E-state index in [2.05, 4.69) is 24.8 Å². The number of hydrogen-bond donors (Lipinski definition) is 1. The number of aromatic amines is 1. The van der Waals surface area contributed by atoms with Crippen LogP contribution >= 0.6 is 0 Å². The van der Waals surface area contributed by atoms with Gasteiger partial charge < -0.3 is 14.6 Å². The van der Waals surface area contributed by atoms with Crippen molar-refractivity contribution >= 4 is 32.3 Å². The maximum atomic E-state index is 12.3. The van der Waals surface area contributed by atoms with E-state index in [1.54, 1.807) is 26.1 Å². The Morgan fingerprint density at radius 1 is 1.20 bits per heavy atom. The van der Waals surface area contributed by atoms with Crippen molar-refractivity contribution in [3.8, 4) is 23.0 Å². The number of fused-ring (bicyclic) bond motifs is 1. The molecule has 0 radical (unpaired) electrons. The van der Waals surface area contributed by atoms with Crippen LogP contribution < -0.4 is 9.64 Å². The molecule has 10 heteroatoms. The number of ether oxygens (including phenoxy) is 1. The smallest absolute Gasteiger partial charge is 0.195 e. The Kier molecular flexibility index (Phi) is 5.98. The average molecular weight is 492 g/mol. The SMILES string of the molecule is CCS(=O)(=O)c1ccc(Oc2cc3nc(-c4ccccn4)[nH]c3cc2N2CCC[C@@H]2C(C)=O)cn1. The minimum Gasteiger partial charge on any atom is -0.453 e. The van der Waals surface area contributed by atoms with Crippen LogP contribution in [0.25, 0.3) is 22.6 Å². The second-order valence-electron chi connectivity index (χ2n) is 8.44. The first kappa shape index (κ1) is 23.0. The van der Waals surface area contributed by atoms with E-state index in [0.29, 0.717) is 28.5 Å². The Hall–Kier alpha value is -3.79. The summed E-state index contributed by atoms with van der Waals surface area (Å²) < 4.78 is 30.4. The summed E-state index contributed by atoms with van der Waals surface area (Å²) >= 11 is 0. The van der Waals surface area contributed by atoms with Gasteiger partial charge in [-0.15, -0.1) is 0 Å². The minimum atomic E-state index is -3.41. The van der Waals surface area contributed by atoms with Crippen LogP contribution in [0.2, 0.25) is 0 Å². The molecule has 1 atom stereocenters. The van der Waals surface area contributed by atoms with Gasteiger partial charge in [0.1, 0.15) is 11.4 Å². The van der Waals surface area contributed by atoms with Gasteiger partial charge in [0.25, 0.3) is 0 Å². The molecular weight excluding hydrogens is 466 g/mol. The topological polar surface area (TPSA) is 118 Å². The molecule has 0 saturated carbocycles. The third kappa shape index (κ3) is 4.49. The van der Waals surface area contributed by atoms with Crippen LogP contribution in [0, 0.1) is 0 Å². The summed E-state index contributed by atoms with van der Waals surface area (Å²) in [5, 5.41) is 0.00603. The normalized spacial score (nSPS) is 16.1. The molecule has 0 bridgehead atoms. The molecule has 1 saturated heterocycles. The van der Waals surface area contributed by atoms with E-state index in [4.69, 9.17) is 4.74 Å². The molecule has 9 nitrogen and oxygen atoms in total. The highest BCUT2D eigenvalue weighted by Gasteiger charge is 2.31. The number of Topliss-reactive ketones (excluding diaryl/α,β-unsaturated/α-hetero) is 1. The fraction of sp³-hybridized carbons (Fsp3) is 0.280. The fourth-order valence-electron chi connectivity index (χ4n) is 4.32. The summed E-state index contributed by atoms with van der Waals surface area (Å²) in [6.07, 6.45) is 4.78. The second-order valence-corrected chi connectivity index (χ2v) is 10.7. The van der Waals surface area contributed by atoms with Gasteiger partial charge >= 0.3 is 0 Å². The summed E-state index contributed by atoms with van der Waals surface area (Å²) in [6, 6.07) is 12.2. The molecule has 1 aromatic carbocycles. The highest BCUT2D eigenvalue weighted by Crippen LogP contribution is 2.39. The molecule has 1 N–H and O–H groups in total. The quantitative estimate of drug-likeness (QED) is 0.409. The Morgan fingerprint density at radius 3 is 2.74 bits per heavy atom. The van der Waals surface area contributed by atoms with Crippen LogP contribution in [-0.2, 0) is 14.6 Å². The number of benzene rings is 1. The van der Waals surface area contributed by atoms with E-state index in [1.165, 1.54) is 12.3 Å². The number of carbonyl (C=O) groups is 1. The number of hydrogen-bond acceptors (Lipinski definition) is 8. The van der Waals surface area contributed by atoms with Crippen molar-refractivity contribution in [2.75, 3.05) is 17.2 Å². The van der Waals surface area contributed by atoms with Crippen LogP contribution in [0.3, 0.4) is 0 Å². The monoisotopic (exact) mass is 491 g/mol. The highest BCUT2D eigenvalue weighted by molar-refractivity contribution is 7.91. The Balaban J connectivity index is 1.58. The van der Waals surface area contributed by atoms with Crippen molar-refractivity contribution in [1.29, 1.82) is 0 Å². The van der Waals surface area contributed by atoms with Crippen molar-refractivity contribution in [2.45, 2.75) is 37.8 Å². The third-order valence-electron chi connectivity index (χ3n) is 6.14. The lowest BCUT2D eigenvalue weighted by Crippen LogP contribution is -2.34. The molecular formula is C25H25N5O4S. The van der Waals surface area contributed by atoms with Gasteiger partial charge in [-0.05, 0) is 50.1 Å². The highest BCUT2D eigenvalue weighted by atomic mass is 32.2. The lowest BCUT2D eigenvalue weighted by atomic mass is 10.1. The zero-order valence-electron chi connectivity index (χ0n) is 19.4. The molecule has 35 heavy (non-hydrogen) atoms. The molecule has 1 fully saturated rings. The van der Waals surface area contributed by atoms with Crippen LogP contribution in [0.15, 0.2) is 59.9 Å². The molecule has 180 valence electrons. The lowest BCUT2D eigenvalue weighted by Gasteiger charge is -2.27. The molecule has 0 unspecified atom stereocenters. The predicted molar refractivity (Wildman–Crippen MR) is 132 cm³/mol. The predicted octanol–water partition coefficient (Wildman–Crippen LogP) is 4.16. The largest absolute Gasteiger partial charge is 0.453 e. The van der Waals surface area contributed by atoms with Crippen LogP contribution in [0.1, 0.15) is 26.7 Å². The average Bonchev–Trinajstić information content (AvgIpc) is 3.52. The van der Waals surface area contributed by atoms with Gasteiger partial charge in [-0.2, -0.15) is 0 Å². The van der Waals surface area contributed by atoms with Crippen LogP contribution in [0.4, 0.5) is 5.69 Å². The van der Waals surface area contributed by atoms with E-state index in [-0.39, 0.29) is 22.6 Å². The molecule has 0 aliphatic carbocycles. The Morgan fingerprint density at radius 2 is 2.06 bits per heavy atom. The van der Waals surface area contributed by atoms with Crippen molar-refractivity contribution in [3.63, 3.8) is 0 Å². The summed E-state index contributed by atoms with van der Waals surface area (Å²) in [5.74, 6) is 1.60. The molecule has 4 heterocycles. The lowest BCUT2D eigenvalue weighted by molar-refractivity contribution is -0.118. The number of imidazole rings is 1. The zero-order chi connectivity index (χ0) is 24.6. The van der Waals surface area contributed by atoms with Crippen molar-refractivity contribution < 1.29 is 17.9 Å². The number of sulfone groups is 1. The van der Waals surface area contributed by atoms with E-state index in [9.17, 15) is 13.2 Å². The minimum absolute atomic E-state index is 0.00603. The zero-order valence-corrected chi connectivity index (χ0v) is 20.2. The Labute approximate surface area is 203 Å². The van der Waals surface area contributed by atoms with Gasteiger partial charge in [0.05, 0.1) is 34.7 Å². The first-order valence-electron chi connectivity index (χ1n) is 11.4. The van der Waals surface area contributed by atoms with Gasteiger partial charge in [-0.25, -0.2) is 18.4 Å². The van der Waals surface area contributed by atoms with Crippen molar-refractivity contribution in [2.24, 2.45) is 0 Å². The molecule has 3 aromatic heterocycles. The standard InChI is InChI=1S/C25H25N5O4S/c1-3-35(32,33)24-10-9-17(15-27-24)34-23-14-20-19(28-25(29-20)18-7-4-5-11-26-18)13-22(23)30-12-6-8-21(30)16(2)31/h4-5,7,9-11,13-15,21H,3,6,8,12H2,1-2H3,(H,28,29)/t21-/m1/s1. The number of pyridine rings is 2. The molecule has 1 aliphatic rings. The number of anilines is 1. The van der Waals surface area contributed by atoms with Gasteiger partial charge in [-0.3, -0.25) is 9.78 Å². The first-order chi connectivity index (χ1) is 16.9. The maximum Gasteiger partial charge on any atom is 0.195 e. The molecule has 4 aromatic rings. The van der Waals surface area contributed by atoms with Crippen molar-refractivity contribution in [3.05, 3.63) is 54.9 Å². The summed E-state index contributed by atoms with van der Waals surface area (Å²) in [7, 11) is -3.41. The number of rotatable bonds is 7. The molecule has 1 aliphatic heterocycles. The fourth-order valence-corrected chi connectivity index (χ4v) is 5.10. The summed E-state index contributed by atoms with van der Waals surface area (Å²) in [4.78, 5) is 30.8. The van der Waals surface area contributed by atoms with Gasteiger partial charge in [0, 0.05) is 18.8 Å². The van der Waals surface area contributed by atoms with Gasteiger partial charge in [-0.1, -0.05) is 13.0 Å². The second kappa shape index (κ2) is 9.10. The van der Waals surface area contributed by atoms with Crippen LogP contribution in [-0.4, -0.2) is 52.5 Å². The van der Waals surface area contributed by atoms with E-state index in [0.717, 1.165) is 30.6 Å². The maximum absolute atomic E-state index is 12.3. The van der Waals surface area contributed by atoms with Gasteiger partial charge in [0.15, 0.2) is 32.2 Å². The van der Waals surface area contributed by atoms with E-state index >= 15 is 0 Å². The molecule has 0 spiro atoms. The number of nitrogens with zero attached hydrogens (tertiary/aromatic N) is 4. The molecule has 0 amide bonds. The summed E-state index contributed by atoms with van der Waals surface area (Å²) in [5.41, 5.74) is 2.95. The van der Waals surface area contributed by atoms with E-state index in [1.807, 2.05) is 30.3 Å². The number of nitrogens with one attached hydrogen (secondary N) is 1. The number of carbonyl (C=O) groups excluding carboxylic acids is 1. The number of aromatic nitrogens is 4. The number of ketones is 1. The Bertz CT molecular complexity index is 1480. The first-order valence-corrected chi connectivity index (χ1v) is 13.1. The summed E-state index contributed by atoms with van der Waals surface area (Å²) in [6.45, 7) is 3.90. The van der Waals surface area contributed by atoms with E-state index < -0.39 is 9.84 Å². The van der Waals surface area contributed by atoms with Gasteiger partial charge in [0.2, 0.25) is 0 Å². The number of H-pyrrole nitrogens is 1. The molecule has 5 rings (SSSR count). The third-order valence-corrected chi connectivity index (χ3v) is 7.78.